The van der Waals surface area contributed by atoms with Crippen molar-refractivity contribution >= 4 is 56.6 Å². The normalized spacial score (nSPS) is 17.3. The SMILES string of the molecule is NC(=O)c1cn(CC(=O)N2C[C@H](F)C[C@H]2C(=O)Nc2cccc(-c3ccccc3Cl)c2F)c2sccc12. The van der Waals surface area contributed by atoms with Gasteiger partial charge >= 0.3 is 0 Å². The van der Waals surface area contributed by atoms with Gasteiger partial charge in [0.15, 0.2) is 5.82 Å². The quantitative estimate of drug-likeness (QED) is 0.365. The molecule has 3 N–H and O–H groups in total. The first-order valence-electron chi connectivity index (χ1n) is 11.4. The number of carbonyl (C=O) groups is 3. The molecule has 2 aromatic carbocycles. The number of nitrogens with zero attached hydrogens (tertiary/aromatic N) is 2. The Morgan fingerprint density at radius 1 is 1.11 bits per heavy atom. The third kappa shape index (κ3) is 4.70. The van der Waals surface area contributed by atoms with E-state index >= 15 is 4.39 Å². The monoisotopic (exact) mass is 542 g/mol. The minimum absolute atomic E-state index is 0.103. The summed E-state index contributed by atoms with van der Waals surface area (Å²) in [6.07, 6.45) is -0.142. The second-order valence-electron chi connectivity index (χ2n) is 8.71. The lowest BCUT2D eigenvalue weighted by molar-refractivity contribution is -0.137. The maximum absolute atomic E-state index is 15.3. The molecule has 190 valence electrons. The zero-order valence-electron chi connectivity index (χ0n) is 19.3. The summed E-state index contributed by atoms with van der Waals surface area (Å²) in [5.74, 6) is -2.52. The van der Waals surface area contributed by atoms with Gasteiger partial charge in [-0.3, -0.25) is 14.4 Å². The molecule has 1 fully saturated rings. The minimum Gasteiger partial charge on any atom is -0.366 e. The molecule has 0 aliphatic carbocycles. The number of fused-ring (bicyclic) bond motifs is 1. The van der Waals surface area contributed by atoms with Crippen LogP contribution in [0.15, 0.2) is 60.1 Å². The highest BCUT2D eigenvalue weighted by Crippen LogP contribution is 2.33. The van der Waals surface area contributed by atoms with Crippen molar-refractivity contribution in [2.75, 3.05) is 11.9 Å². The molecule has 37 heavy (non-hydrogen) atoms. The highest BCUT2D eigenvalue weighted by Gasteiger charge is 2.40. The third-order valence-corrected chi connectivity index (χ3v) is 7.62. The van der Waals surface area contributed by atoms with E-state index in [0.29, 0.717) is 20.8 Å². The van der Waals surface area contributed by atoms with Crippen LogP contribution in [-0.4, -0.2) is 45.9 Å². The van der Waals surface area contributed by atoms with Crippen LogP contribution < -0.4 is 11.1 Å². The molecule has 0 radical (unpaired) electrons. The molecule has 0 spiro atoms. The van der Waals surface area contributed by atoms with Gasteiger partial charge in [0.05, 0.1) is 17.8 Å². The van der Waals surface area contributed by atoms with Gasteiger partial charge < -0.3 is 20.5 Å². The van der Waals surface area contributed by atoms with Gasteiger partial charge in [0, 0.05) is 34.2 Å². The fourth-order valence-corrected chi connectivity index (χ4v) is 5.73. The zero-order chi connectivity index (χ0) is 26.3. The molecule has 1 aliphatic rings. The molecule has 0 bridgehead atoms. The predicted molar refractivity (Wildman–Crippen MR) is 139 cm³/mol. The van der Waals surface area contributed by atoms with E-state index in [0.717, 1.165) is 4.90 Å². The first kappa shape index (κ1) is 24.9. The van der Waals surface area contributed by atoms with E-state index in [9.17, 15) is 18.8 Å². The smallest absolute Gasteiger partial charge is 0.250 e. The summed E-state index contributed by atoms with van der Waals surface area (Å²) >= 11 is 7.54. The molecule has 0 unspecified atom stereocenters. The predicted octanol–water partition coefficient (Wildman–Crippen LogP) is 4.84. The van der Waals surface area contributed by atoms with Crippen molar-refractivity contribution in [2.24, 2.45) is 5.73 Å². The van der Waals surface area contributed by atoms with E-state index in [-0.39, 0.29) is 36.3 Å². The highest BCUT2D eigenvalue weighted by atomic mass is 35.5. The number of rotatable bonds is 6. The lowest BCUT2D eigenvalue weighted by Crippen LogP contribution is -2.44. The van der Waals surface area contributed by atoms with Crippen LogP contribution in [0.25, 0.3) is 21.3 Å². The largest absolute Gasteiger partial charge is 0.366 e. The van der Waals surface area contributed by atoms with Gasteiger partial charge in [-0.25, -0.2) is 8.78 Å². The summed E-state index contributed by atoms with van der Waals surface area (Å²) in [5, 5.41) is 5.26. The number of anilines is 1. The number of benzene rings is 2. The number of hydrogen-bond donors (Lipinski definition) is 2. The molecule has 3 heterocycles. The second-order valence-corrected chi connectivity index (χ2v) is 10.0. The van der Waals surface area contributed by atoms with Gasteiger partial charge in [0.1, 0.15) is 23.6 Å². The van der Waals surface area contributed by atoms with Crippen molar-refractivity contribution < 1.29 is 23.2 Å². The minimum atomic E-state index is -1.41. The molecule has 3 amide bonds. The Kier molecular flexibility index (Phi) is 6.70. The topological polar surface area (TPSA) is 97.4 Å². The highest BCUT2D eigenvalue weighted by molar-refractivity contribution is 7.16. The Balaban J connectivity index is 1.37. The van der Waals surface area contributed by atoms with Crippen LogP contribution in [0.1, 0.15) is 16.8 Å². The van der Waals surface area contributed by atoms with Gasteiger partial charge in [-0.2, -0.15) is 0 Å². The molecule has 1 aliphatic heterocycles. The van der Waals surface area contributed by atoms with Crippen molar-refractivity contribution in [3.05, 3.63) is 76.5 Å². The van der Waals surface area contributed by atoms with Crippen molar-refractivity contribution in [3.8, 4) is 11.1 Å². The van der Waals surface area contributed by atoms with Crippen LogP contribution in [0, 0.1) is 5.82 Å². The third-order valence-electron chi connectivity index (χ3n) is 6.35. The summed E-state index contributed by atoms with van der Waals surface area (Å²) in [6.45, 7) is -0.478. The first-order chi connectivity index (χ1) is 17.7. The van der Waals surface area contributed by atoms with Crippen LogP contribution in [0.2, 0.25) is 5.02 Å². The maximum atomic E-state index is 15.3. The van der Waals surface area contributed by atoms with Crippen molar-refractivity contribution in [1.82, 2.24) is 9.47 Å². The number of thiophene rings is 1. The van der Waals surface area contributed by atoms with Crippen molar-refractivity contribution in [1.29, 1.82) is 0 Å². The van der Waals surface area contributed by atoms with E-state index in [1.807, 2.05) is 0 Å². The molecule has 1 saturated heterocycles. The van der Waals surface area contributed by atoms with Gasteiger partial charge in [-0.05, 0) is 23.6 Å². The number of carbonyl (C=O) groups excluding carboxylic acids is 3. The Morgan fingerprint density at radius 3 is 2.62 bits per heavy atom. The van der Waals surface area contributed by atoms with E-state index in [4.69, 9.17) is 17.3 Å². The number of hydrogen-bond acceptors (Lipinski definition) is 4. The van der Waals surface area contributed by atoms with E-state index in [2.05, 4.69) is 5.32 Å². The summed E-state index contributed by atoms with van der Waals surface area (Å²) in [6, 6.07) is 11.8. The zero-order valence-corrected chi connectivity index (χ0v) is 20.9. The lowest BCUT2D eigenvalue weighted by Gasteiger charge is -2.24. The molecule has 4 aromatic rings. The fraction of sp³-hybridized carbons (Fsp3) is 0.192. The molecule has 2 aromatic heterocycles. The number of amides is 3. The molecule has 5 rings (SSSR count). The maximum Gasteiger partial charge on any atom is 0.250 e. The molecule has 11 heteroatoms. The number of halogens is 3. The fourth-order valence-electron chi connectivity index (χ4n) is 4.60. The van der Waals surface area contributed by atoms with E-state index < -0.39 is 35.8 Å². The summed E-state index contributed by atoms with van der Waals surface area (Å²) in [7, 11) is 0. The Labute approximate surface area is 219 Å². The molecule has 0 saturated carbocycles. The number of likely N-dealkylation sites (tertiary alicyclic amines) is 1. The van der Waals surface area contributed by atoms with Gasteiger partial charge in [-0.15, -0.1) is 11.3 Å². The number of aromatic nitrogens is 1. The van der Waals surface area contributed by atoms with Gasteiger partial charge in [0.25, 0.3) is 5.91 Å². The summed E-state index contributed by atoms with van der Waals surface area (Å²) in [4.78, 5) is 39.9. The van der Waals surface area contributed by atoms with Gasteiger partial charge in [-0.1, -0.05) is 41.9 Å². The summed E-state index contributed by atoms with van der Waals surface area (Å²) in [5.41, 5.74) is 6.27. The Hall–Kier alpha value is -3.76. The summed E-state index contributed by atoms with van der Waals surface area (Å²) < 4.78 is 31.3. The first-order valence-corrected chi connectivity index (χ1v) is 12.6. The van der Waals surface area contributed by atoms with Gasteiger partial charge in [0.2, 0.25) is 11.8 Å². The Morgan fingerprint density at radius 2 is 1.86 bits per heavy atom. The molecular weight excluding hydrogens is 522 g/mol. The number of nitrogens with one attached hydrogen (secondary N) is 1. The lowest BCUT2D eigenvalue weighted by atomic mass is 10.0. The molecule has 2 atom stereocenters. The van der Waals surface area contributed by atoms with Crippen LogP contribution >= 0.6 is 22.9 Å². The second kappa shape index (κ2) is 9.95. The number of primary amides is 1. The van der Waals surface area contributed by atoms with E-state index in [1.54, 1.807) is 46.3 Å². The average Bonchev–Trinajstić information content (AvgIpc) is 3.57. The van der Waals surface area contributed by atoms with E-state index in [1.165, 1.54) is 29.7 Å². The standard InChI is InChI=1S/C26H21ClF2N4O3S/c27-19-6-2-1-4-15(19)16-5-3-7-20(23(16)29)31-25(36)21-10-14(28)11-33(21)22(34)13-32-12-18(24(30)35)17-8-9-37-26(17)32/h1-9,12,14,21H,10-11,13H2,(H2,30,35)(H,31,36)/t14-,21+/m1/s1. The number of alkyl halides is 1. The molecular formula is C26H21ClF2N4O3S. The van der Waals surface area contributed by atoms with Crippen LogP contribution in [0.4, 0.5) is 14.5 Å². The Bertz CT molecular complexity index is 1540. The van der Waals surface area contributed by atoms with Crippen LogP contribution in [0.3, 0.4) is 0 Å². The molecule has 7 nitrogen and oxygen atoms in total. The van der Waals surface area contributed by atoms with Crippen molar-refractivity contribution in [3.63, 3.8) is 0 Å². The number of nitrogens with two attached hydrogens (primary N) is 1. The van der Waals surface area contributed by atoms with Crippen LogP contribution in [-0.2, 0) is 16.1 Å². The van der Waals surface area contributed by atoms with Crippen LogP contribution in [0.5, 0.6) is 0 Å². The van der Waals surface area contributed by atoms with Crippen molar-refractivity contribution in [2.45, 2.75) is 25.2 Å². The average molecular weight is 543 g/mol.